The molecule has 0 saturated heterocycles. The summed E-state index contributed by atoms with van der Waals surface area (Å²) in [6.07, 6.45) is 2.82. The van der Waals surface area contributed by atoms with E-state index in [0.717, 1.165) is 14.9 Å². The lowest BCUT2D eigenvalue weighted by Crippen LogP contribution is -2.05. The summed E-state index contributed by atoms with van der Waals surface area (Å²) in [5.41, 5.74) is 6.74. The lowest BCUT2D eigenvalue weighted by Gasteiger charge is -2.11. The average Bonchev–Trinajstić information content (AvgIpc) is 2.92. The molecule has 2 rings (SSSR count). The molecule has 1 aliphatic rings. The Balaban J connectivity index is 2.27. The van der Waals surface area contributed by atoms with Crippen molar-refractivity contribution < 1.29 is 4.74 Å². The van der Waals surface area contributed by atoms with Crippen LogP contribution in [0.4, 0.5) is 0 Å². The Morgan fingerprint density at radius 2 is 2.23 bits per heavy atom. The van der Waals surface area contributed by atoms with Gasteiger partial charge in [-0.3, -0.25) is 0 Å². The zero-order valence-electron chi connectivity index (χ0n) is 7.29. The largest absolute Gasteiger partial charge is 0.489 e. The molecule has 0 atom stereocenters. The van der Waals surface area contributed by atoms with E-state index in [1.807, 2.05) is 12.1 Å². The molecule has 1 aliphatic carbocycles. The number of nitrogens with two attached hydrogens (primary N) is 1. The van der Waals surface area contributed by atoms with Crippen molar-refractivity contribution in [1.29, 1.82) is 0 Å². The van der Waals surface area contributed by atoms with Gasteiger partial charge >= 0.3 is 0 Å². The predicted molar refractivity (Wildman–Crippen MR) is 60.7 cm³/mol. The molecule has 3 heteroatoms. The number of rotatable bonds is 3. The van der Waals surface area contributed by atoms with Gasteiger partial charge in [0.25, 0.3) is 0 Å². The van der Waals surface area contributed by atoms with Gasteiger partial charge in [-0.15, -0.1) is 0 Å². The molecule has 0 bridgehead atoms. The molecule has 0 aliphatic heterocycles. The first-order valence-corrected chi connectivity index (χ1v) is 5.53. The fourth-order valence-electron chi connectivity index (χ4n) is 1.20. The van der Waals surface area contributed by atoms with E-state index in [1.54, 1.807) is 0 Å². The van der Waals surface area contributed by atoms with Gasteiger partial charge in [0.1, 0.15) is 5.75 Å². The van der Waals surface area contributed by atoms with Crippen molar-refractivity contribution in [3.8, 4) is 5.75 Å². The second-order valence-electron chi connectivity index (χ2n) is 3.25. The Morgan fingerprint density at radius 3 is 2.85 bits per heavy atom. The average molecular weight is 289 g/mol. The fourth-order valence-corrected chi connectivity index (χ4v) is 1.88. The van der Waals surface area contributed by atoms with Crippen LogP contribution in [-0.4, -0.2) is 6.10 Å². The fraction of sp³-hybridized carbons (Fsp3) is 0.400. The first-order valence-electron chi connectivity index (χ1n) is 4.45. The molecule has 0 aromatic heterocycles. The lowest BCUT2D eigenvalue weighted by atomic mass is 10.2. The summed E-state index contributed by atoms with van der Waals surface area (Å²) in [5.74, 6) is 0.994. The molecular weight excluding hydrogens is 277 g/mol. The number of benzene rings is 1. The van der Waals surface area contributed by atoms with Gasteiger partial charge in [-0.05, 0) is 41.5 Å². The maximum absolute atomic E-state index is 5.79. The molecular formula is C10H12INO. The van der Waals surface area contributed by atoms with Crippen molar-refractivity contribution in [3.05, 3.63) is 27.3 Å². The van der Waals surface area contributed by atoms with Crippen LogP contribution in [0.2, 0.25) is 0 Å². The standard InChI is InChI=1S/C10H12INO/c11-9-3-1-2-7(6-12)10(9)13-8-4-5-8/h1-3,8H,4-6,12H2. The summed E-state index contributed by atoms with van der Waals surface area (Å²) in [5, 5.41) is 0. The second-order valence-corrected chi connectivity index (χ2v) is 4.41. The van der Waals surface area contributed by atoms with Crippen LogP contribution in [0.25, 0.3) is 0 Å². The molecule has 13 heavy (non-hydrogen) atoms. The molecule has 0 unspecified atom stereocenters. The smallest absolute Gasteiger partial charge is 0.137 e. The zero-order valence-corrected chi connectivity index (χ0v) is 9.45. The van der Waals surface area contributed by atoms with Crippen molar-refractivity contribution >= 4 is 22.6 Å². The monoisotopic (exact) mass is 289 g/mol. The summed E-state index contributed by atoms with van der Waals surface area (Å²) in [7, 11) is 0. The van der Waals surface area contributed by atoms with Gasteiger partial charge in [-0.25, -0.2) is 0 Å². The summed E-state index contributed by atoms with van der Waals surface area (Å²) in [6, 6.07) is 6.10. The Hall–Kier alpha value is -0.290. The minimum Gasteiger partial charge on any atom is -0.489 e. The number of ether oxygens (including phenoxy) is 1. The number of hydrogen-bond donors (Lipinski definition) is 1. The van der Waals surface area contributed by atoms with Crippen LogP contribution >= 0.6 is 22.6 Å². The van der Waals surface area contributed by atoms with Crippen molar-refractivity contribution in [1.82, 2.24) is 0 Å². The van der Waals surface area contributed by atoms with Crippen LogP contribution in [0.5, 0.6) is 5.75 Å². The minimum absolute atomic E-state index is 0.446. The van der Waals surface area contributed by atoms with Crippen LogP contribution < -0.4 is 10.5 Å². The molecule has 1 aromatic rings. The maximum Gasteiger partial charge on any atom is 0.137 e. The molecule has 1 saturated carbocycles. The third kappa shape index (κ3) is 2.14. The Labute approximate surface area is 91.6 Å². The highest BCUT2D eigenvalue weighted by molar-refractivity contribution is 14.1. The molecule has 70 valence electrons. The lowest BCUT2D eigenvalue weighted by molar-refractivity contribution is 0.298. The van der Waals surface area contributed by atoms with E-state index >= 15 is 0 Å². The van der Waals surface area contributed by atoms with E-state index in [9.17, 15) is 0 Å². The molecule has 0 radical (unpaired) electrons. The van der Waals surface area contributed by atoms with Gasteiger partial charge in [-0.1, -0.05) is 12.1 Å². The van der Waals surface area contributed by atoms with Crippen LogP contribution in [0.15, 0.2) is 18.2 Å². The normalized spacial score (nSPS) is 15.8. The Bertz CT molecular complexity index is 310. The number of hydrogen-bond acceptors (Lipinski definition) is 2. The van der Waals surface area contributed by atoms with Crippen LogP contribution in [-0.2, 0) is 6.54 Å². The van der Waals surface area contributed by atoms with E-state index in [1.165, 1.54) is 12.8 Å². The van der Waals surface area contributed by atoms with Gasteiger partial charge in [0.15, 0.2) is 0 Å². The number of para-hydroxylation sites is 1. The summed E-state index contributed by atoms with van der Waals surface area (Å²) in [4.78, 5) is 0. The molecule has 0 spiro atoms. The van der Waals surface area contributed by atoms with E-state index < -0.39 is 0 Å². The van der Waals surface area contributed by atoms with E-state index in [2.05, 4.69) is 28.7 Å². The van der Waals surface area contributed by atoms with Crippen molar-refractivity contribution in [2.75, 3.05) is 0 Å². The summed E-state index contributed by atoms with van der Waals surface area (Å²) in [6.45, 7) is 0.554. The third-order valence-corrected chi connectivity index (χ3v) is 2.93. The van der Waals surface area contributed by atoms with E-state index in [0.29, 0.717) is 12.6 Å². The first-order chi connectivity index (χ1) is 6.31. The van der Waals surface area contributed by atoms with Crippen molar-refractivity contribution in [2.45, 2.75) is 25.5 Å². The zero-order chi connectivity index (χ0) is 9.26. The van der Waals surface area contributed by atoms with Gasteiger partial charge in [0.2, 0.25) is 0 Å². The molecule has 0 amide bonds. The number of halogens is 1. The van der Waals surface area contributed by atoms with Gasteiger partial charge in [-0.2, -0.15) is 0 Å². The van der Waals surface area contributed by atoms with E-state index in [4.69, 9.17) is 10.5 Å². The minimum atomic E-state index is 0.446. The summed E-state index contributed by atoms with van der Waals surface area (Å²) >= 11 is 2.29. The highest BCUT2D eigenvalue weighted by Crippen LogP contribution is 2.32. The quantitative estimate of drug-likeness (QED) is 0.867. The SMILES string of the molecule is NCc1cccc(I)c1OC1CC1. The molecule has 2 N–H and O–H groups in total. The Morgan fingerprint density at radius 1 is 1.46 bits per heavy atom. The first kappa shape index (κ1) is 9.27. The topological polar surface area (TPSA) is 35.2 Å². The highest BCUT2D eigenvalue weighted by atomic mass is 127. The van der Waals surface area contributed by atoms with Crippen LogP contribution in [0.3, 0.4) is 0 Å². The van der Waals surface area contributed by atoms with Crippen LogP contribution in [0.1, 0.15) is 18.4 Å². The highest BCUT2D eigenvalue weighted by Gasteiger charge is 2.25. The van der Waals surface area contributed by atoms with E-state index in [-0.39, 0.29) is 0 Å². The molecule has 1 fully saturated rings. The van der Waals surface area contributed by atoms with Gasteiger partial charge < -0.3 is 10.5 Å². The third-order valence-electron chi connectivity index (χ3n) is 2.08. The Kier molecular flexibility index (Phi) is 2.74. The maximum atomic E-state index is 5.79. The van der Waals surface area contributed by atoms with Gasteiger partial charge in [0, 0.05) is 12.1 Å². The van der Waals surface area contributed by atoms with Gasteiger partial charge in [0.05, 0.1) is 9.67 Å². The molecule has 2 nitrogen and oxygen atoms in total. The molecule has 1 aromatic carbocycles. The molecule has 0 heterocycles. The predicted octanol–water partition coefficient (Wildman–Crippen LogP) is 2.29. The van der Waals surface area contributed by atoms with Crippen LogP contribution in [0, 0.1) is 3.57 Å². The summed E-state index contributed by atoms with van der Waals surface area (Å²) < 4.78 is 6.95. The van der Waals surface area contributed by atoms with Crippen molar-refractivity contribution in [3.63, 3.8) is 0 Å². The second kappa shape index (κ2) is 3.84. The van der Waals surface area contributed by atoms with Crippen molar-refractivity contribution in [2.24, 2.45) is 5.73 Å².